The van der Waals surface area contributed by atoms with Gasteiger partial charge in [0.2, 0.25) is 0 Å². The summed E-state index contributed by atoms with van der Waals surface area (Å²) in [7, 11) is 0. The zero-order valence-corrected chi connectivity index (χ0v) is 7.05. The summed E-state index contributed by atoms with van der Waals surface area (Å²) in [5.41, 5.74) is -1.33. The van der Waals surface area contributed by atoms with Crippen molar-refractivity contribution in [2.24, 2.45) is 0 Å². The third-order valence-electron chi connectivity index (χ3n) is 0.741. The van der Waals surface area contributed by atoms with Crippen molar-refractivity contribution < 1.29 is 19.1 Å². The fraction of sp³-hybridized carbons (Fsp3) is 0.667. The first-order valence-corrected chi connectivity index (χ1v) is 3.49. The van der Waals surface area contributed by atoms with Crippen molar-refractivity contribution in [3.63, 3.8) is 0 Å². The molecule has 64 valence electrons. The maximum Gasteiger partial charge on any atom is 0.363 e. The summed E-state index contributed by atoms with van der Waals surface area (Å²) in [6, 6.07) is 0. The zero-order chi connectivity index (χ0) is 8.85. The number of esters is 2. The molecule has 0 aromatic rings. The van der Waals surface area contributed by atoms with Crippen LogP contribution in [0.4, 0.5) is 0 Å². The Morgan fingerprint density at radius 1 is 1.55 bits per heavy atom. The van der Waals surface area contributed by atoms with Crippen LogP contribution in [0.5, 0.6) is 0 Å². The van der Waals surface area contributed by atoms with Gasteiger partial charge in [-0.05, 0) is 6.92 Å². The summed E-state index contributed by atoms with van der Waals surface area (Å²) in [5.74, 6) is -1.36. The van der Waals surface area contributed by atoms with Gasteiger partial charge < -0.3 is 9.47 Å². The van der Waals surface area contributed by atoms with Gasteiger partial charge in [0.15, 0.2) is 0 Å². The van der Waals surface area contributed by atoms with Gasteiger partial charge in [0.25, 0.3) is 5.56 Å². The fourth-order valence-corrected chi connectivity index (χ4v) is 0.590. The maximum absolute atomic E-state index is 10.6. The minimum atomic E-state index is -1.33. The first-order chi connectivity index (χ1) is 5.07. The molecule has 0 amide bonds. The molecule has 11 heavy (non-hydrogen) atoms. The summed E-state index contributed by atoms with van der Waals surface area (Å²) < 4.78 is 8.77. The first-order valence-electron chi connectivity index (χ1n) is 3.05. The highest BCUT2D eigenvalue weighted by Crippen LogP contribution is 2.01. The van der Waals surface area contributed by atoms with Crippen LogP contribution in [0.1, 0.15) is 13.8 Å². The zero-order valence-electron chi connectivity index (χ0n) is 6.30. The molecule has 0 heterocycles. The van der Waals surface area contributed by atoms with Crippen molar-refractivity contribution >= 4 is 23.5 Å². The Labute approximate surface area is 69.4 Å². The predicted molar refractivity (Wildman–Crippen MR) is 38.0 cm³/mol. The largest absolute Gasteiger partial charge is 0.462 e. The number of halogens is 1. The number of alkyl halides is 1. The maximum atomic E-state index is 10.6. The highest BCUT2D eigenvalue weighted by Gasteiger charge is 2.18. The molecule has 1 unspecified atom stereocenters. The third kappa shape index (κ3) is 4.61. The molecule has 0 bridgehead atoms. The molecule has 0 radical (unpaired) electrons. The minimum Gasteiger partial charge on any atom is -0.462 e. The van der Waals surface area contributed by atoms with E-state index in [0.29, 0.717) is 0 Å². The predicted octanol–water partition coefficient (Wildman–Crippen LogP) is 0.677. The number of hydrogen-bond donors (Lipinski definition) is 0. The molecule has 0 aromatic heterocycles. The van der Waals surface area contributed by atoms with E-state index in [4.69, 9.17) is 11.6 Å². The van der Waals surface area contributed by atoms with Crippen LogP contribution in [0, 0.1) is 0 Å². The van der Waals surface area contributed by atoms with E-state index in [0.717, 1.165) is 6.92 Å². The highest BCUT2D eigenvalue weighted by molar-refractivity contribution is 6.29. The molecule has 0 aliphatic heterocycles. The van der Waals surface area contributed by atoms with Crippen LogP contribution in [-0.2, 0) is 19.1 Å². The topological polar surface area (TPSA) is 52.6 Å². The summed E-state index contributed by atoms with van der Waals surface area (Å²) >= 11 is 5.29. The number of ether oxygens (including phenoxy) is 2. The van der Waals surface area contributed by atoms with Gasteiger partial charge in [0.1, 0.15) is 0 Å². The Kier molecular flexibility index (Phi) is 4.61. The molecular formula is C6H9ClO4. The van der Waals surface area contributed by atoms with Gasteiger partial charge in [-0.1, -0.05) is 11.6 Å². The molecule has 0 spiro atoms. The van der Waals surface area contributed by atoms with Gasteiger partial charge in [-0.15, -0.1) is 0 Å². The average Bonchev–Trinajstić information content (AvgIpc) is 1.86. The molecule has 0 N–H and O–H groups in total. The van der Waals surface area contributed by atoms with E-state index >= 15 is 0 Å². The molecule has 0 rings (SSSR count). The van der Waals surface area contributed by atoms with Gasteiger partial charge in [-0.25, -0.2) is 4.79 Å². The van der Waals surface area contributed by atoms with Crippen LogP contribution in [-0.4, -0.2) is 24.1 Å². The van der Waals surface area contributed by atoms with Crippen molar-refractivity contribution in [1.29, 1.82) is 0 Å². The summed E-state index contributed by atoms with van der Waals surface area (Å²) in [5, 5.41) is 0. The molecule has 1 atom stereocenters. The normalized spacial score (nSPS) is 11.9. The Hall–Kier alpha value is -0.770. The van der Waals surface area contributed by atoms with Crippen LogP contribution in [0.3, 0.4) is 0 Å². The Morgan fingerprint density at radius 2 is 2.09 bits per heavy atom. The minimum absolute atomic E-state index is 0.212. The average molecular weight is 181 g/mol. The lowest BCUT2D eigenvalue weighted by molar-refractivity contribution is -0.160. The standard InChI is InChI=1S/C6H9ClO4/c1-3-10-6(9)5(7)11-4(2)8/h5H,3H2,1-2H3. The smallest absolute Gasteiger partial charge is 0.363 e. The lowest BCUT2D eigenvalue weighted by Gasteiger charge is -2.07. The van der Waals surface area contributed by atoms with Gasteiger partial charge in [-0.2, -0.15) is 0 Å². The van der Waals surface area contributed by atoms with E-state index in [9.17, 15) is 9.59 Å². The summed E-state index contributed by atoms with van der Waals surface area (Å²) in [4.78, 5) is 20.9. The quantitative estimate of drug-likeness (QED) is 0.474. The van der Waals surface area contributed by atoms with E-state index in [1.807, 2.05) is 0 Å². The van der Waals surface area contributed by atoms with Gasteiger partial charge in [0.05, 0.1) is 6.61 Å². The van der Waals surface area contributed by atoms with Crippen molar-refractivity contribution in [3.05, 3.63) is 0 Å². The van der Waals surface area contributed by atoms with Gasteiger partial charge >= 0.3 is 11.9 Å². The molecule has 0 saturated carbocycles. The van der Waals surface area contributed by atoms with Gasteiger partial charge in [-0.3, -0.25) is 4.79 Å². The summed E-state index contributed by atoms with van der Waals surface area (Å²) in [6.07, 6.45) is 0. The van der Waals surface area contributed by atoms with E-state index in [2.05, 4.69) is 9.47 Å². The van der Waals surface area contributed by atoms with Crippen molar-refractivity contribution in [2.45, 2.75) is 19.4 Å². The second-order valence-corrected chi connectivity index (χ2v) is 2.07. The SMILES string of the molecule is CCOC(=O)C(Cl)OC(C)=O. The van der Waals surface area contributed by atoms with Crippen LogP contribution < -0.4 is 0 Å². The van der Waals surface area contributed by atoms with E-state index < -0.39 is 17.5 Å². The van der Waals surface area contributed by atoms with E-state index in [-0.39, 0.29) is 6.61 Å². The lowest BCUT2D eigenvalue weighted by atomic mass is 10.7. The monoisotopic (exact) mass is 180 g/mol. The molecule has 4 nitrogen and oxygen atoms in total. The molecule has 5 heteroatoms. The van der Waals surface area contributed by atoms with E-state index in [1.165, 1.54) is 0 Å². The first kappa shape index (κ1) is 10.2. The van der Waals surface area contributed by atoms with Gasteiger partial charge in [0, 0.05) is 6.92 Å². The van der Waals surface area contributed by atoms with Crippen LogP contribution in [0.25, 0.3) is 0 Å². The van der Waals surface area contributed by atoms with Crippen molar-refractivity contribution in [2.75, 3.05) is 6.61 Å². The van der Waals surface area contributed by atoms with Crippen LogP contribution in [0.2, 0.25) is 0 Å². The second kappa shape index (κ2) is 4.96. The number of rotatable bonds is 3. The number of carbonyl (C=O) groups is 2. The summed E-state index contributed by atoms with van der Waals surface area (Å²) in [6.45, 7) is 3.01. The Bertz CT molecular complexity index is 157. The molecular weight excluding hydrogens is 172 g/mol. The molecule has 0 aliphatic rings. The third-order valence-corrected chi connectivity index (χ3v) is 1.01. The second-order valence-electron chi connectivity index (χ2n) is 1.68. The molecule has 0 aliphatic carbocycles. The molecule has 0 saturated heterocycles. The molecule has 0 aromatic carbocycles. The van der Waals surface area contributed by atoms with Crippen molar-refractivity contribution in [1.82, 2.24) is 0 Å². The Balaban J connectivity index is 3.73. The number of carbonyl (C=O) groups excluding carboxylic acids is 2. The fourth-order valence-electron chi connectivity index (χ4n) is 0.402. The Morgan fingerprint density at radius 3 is 2.45 bits per heavy atom. The van der Waals surface area contributed by atoms with Crippen molar-refractivity contribution in [3.8, 4) is 0 Å². The lowest BCUT2D eigenvalue weighted by Crippen LogP contribution is -2.22. The molecule has 0 fully saturated rings. The van der Waals surface area contributed by atoms with E-state index in [1.54, 1.807) is 6.92 Å². The van der Waals surface area contributed by atoms with Crippen LogP contribution >= 0.6 is 11.6 Å². The number of hydrogen-bond acceptors (Lipinski definition) is 4. The highest BCUT2D eigenvalue weighted by atomic mass is 35.5. The van der Waals surface area contributed by atoms with Crippen LogP contribution in [0.15, 0.2) is 0 Å².